The average Bonchev–Trinajstić information content (AvgIpc) is 2.49. The molecule has 1 aromatic heterocycles. The van der Waals surface area contributed by atoms with Crippen molar-refractivity contribution in [3.8, 4) is 0 Å². The standard InChI is InChI=1S/C8H12F4N2Si/c1-15(2,3)8(12,7(9,10)11)14-5-4-13-6-14/h4-6H,1-3H3. The Hall–Kier alpha value is -0.853. The first kappa shape index (κ1) is 12.2. The van der Waals surface area contributed by atoms with Crippen LogP contribution in [-0.2, 0) is 5.42 Å². The third-order valence-electron chi connectivity index (χ3n) is 2.23. The summed E-state index contributed by atoms with van der Waals surface area (Å²) < 4.78 is 53.1. The van der Waals surface area contributed by atoms with Gasteiger partial charge in [-0.15, -0.1) is 0 Å². The van der Waals surface area contributed by atoms with Crippen LogP contribution in [0.5, 0.6) is 0 Å². The van der Waals surface area contributed by atoms with Crippen molar-refractivity contribution in [2.24, 2.45) is 0 Å². The molecule has 0 radical (unpaired) electrons. The highest BCUT2D eigenvalue weighted by molar-refractivity contribution is 6.78. The van der Waals surface area contributed by atoms with E-state index in [0.29, 0.717) is 4.57 Å². The molecule has 7 heteroatoms. The Morgan fingerprint density at radius 3 is 1.93 bits per heavy atom. The van der Waals surface area contributed by atoms with Crippen LogP contribution >= 0.6 is 0 Å². The molecular weight excluding hydrogens is 228 g/mol. The molecule has 2 nitrogen and oxygen atoms in total. The van der Waals surface area contributed by atoms with E-state index in [1.54, 1.807) is 0 Å². The number of nitrogens with zero attached hydrogens (tertiary/aromatic N) is 2. The summed E-state index contributed by atoms with van der Waals surface area (Å²) in [5.41, 5.74) is -3.31. The second-order valence-electron chi connectivity index (χ2n) is 4.34. The normalized spacial score (nSPS) is 17.5. The Kier molecular flexibility index (Phi) is 2.71. The largest absolute Gasteiger partial charge is 0.438 e. The minimum atomic E-state index is -4.92. The number of imidazole rings is 1. The van der Waals surface area contributed by atoms with Crippen molar-refractivity contribution < 1.29 is 17.6 Å². The van der Waals surface area contributed by atoms with Gasteiger partial charge in [0.15, 0.2) is 0 Å². The molecule has 1 rings (SSSR count). The Labute approximate surface area is 85.9 Å². The van der Waals surface area contributed by atoms with Gasteiger partial charge in [0, 0.05) is 12.4 Å². The zero-order valence-electron chi connectivity index (χ0n) is 8.64. The van der Waals surface area contributed by atoms with Gasteiger partial charge in [-0.3, -0.25) is 0 Å². The van der Waals surface area contributed by atoms with Crippen LogP contribution in [0.2, 0.25) is 19.6 Å². The molecule has 0 aliphatic carbocycles. The lowest BCUT2D eigenvalue weighted by atomic mass is 10.5. The molecule has 0 fully saturated rings. The van der Waals surface area contributed by atoms with Gasteiger partial charge in [-0.2, -0.15) is 13.2 Å². The Bertz CT molecular complexity index is 311. The number of aromatic nitrogens is 2. The third-order valence-corrected chi connectivity index (χ3v) is 4.76. The van der Waals surface area contributed by atoms with Gasteiger partial charge in [0.2, 0.25) is 0 Å². The van der Waals surface area contributed by atoms with Gasteiger partial charge in [-0.25, -0.2) is 9.37 Å². The highest BCUT2D eigenvalue weighted by atomic mass is 28.3. The minimum absolute atomic E-state index is 0.513. The zero-order chi connectivity index (χ0) is 11.9. The van der Waals surface area contributed by atoms with E-state index >= 15 is 0 Å². The van der Waals surface area contributed by atoms with Crippen molar-refractivity contribution >= 4 is 8.07 Å². The third kappa shape index (κ3) is 1.80. The van der Waals surface area contributed by atoms with Crippen LogP contribution in [0.25, 0.3) is 0 Å². The van der Waals surface area contributed by atoms with Crippen molar-refractivity contribution in [3.05, 3.63) is 18.7 Å². The monoisotopic (exact) mass is 240 g/mol. The van der Waals surface area contributed by atoms with Gasteiger partial charge in [-0.1, -0.05) is 19.6 Å². The van der Waals surface area contributed by atoms with E-state index in [-0.39, 0.29) is 0 Å². The number of halogens is 4. The van der Waals surface area contributed by atoms with Gasteiger partial charge in [-0.05, 0) is 0 Å². The molecule has 0 aliphatic rings. The molecule has 0 aromatic carbocycles. The fourth-order valence-corrected chi connectivity index (χ4v) is 3.16. The van der Waals surface area contributed by atoms with Crippen molar-refractivity contribution in [2.45, 2.75) is 31.2 Å². The Balaban J connectivity index is 3.33. The quantitative estimate of drug-likeness (QED) is 0.574. The zero-order valence-corrected chi connectivity index (χ0v) is 9.64. The first-order valence-corrected chi connectivity index (χ1v) is 7.85. The summed E-state index contributed by atoms with van der Waals surface area (Å²) in [6, 6.07) is 0. The van der Waals surface area contributed by atoms with E-state index in [9.17, 15) is 17.6 Å². The second kappa shape index (κ2) is 3.33. The first-order valence-electron chi connectivity index (χ1n) is 4.35. The maximum atomic E-state index is 14.2. The molecule has 15 heavy (non-hydrogen) atoms. The molecule has 0 aliphatic heterocycles. The van der Waals surface area contributed by atoms with Crippen LogP contribution in [-0.4, -0.2) is 23.8 Å². The van der Waals surface area contributed by atoms with Gasteiger partial charge in [0.1, 0.15) is 8.07 Å². The average molecular weight is 240 g/mol. The molecule has 0 amide bonds. The van der Waals surface area contributed by atoms with Crippen molar-refractivity contribution in [2.75, 3.05) is 0 Å². The van der Waals surface area contributed by atoms with Crippen molar-refractivity contribution in [1.29, 1.82) is 0 Å². The molecule has 0 saturated heterocycles. The van der Waals surface area contributed by atoms with Gasteiger partial charge >= 0.3 is 6.18 Å². The summed E-state index contributed by atoms with van der Waals surface area (Å²) >= 11 is 0. The molecular formula is C8H12F4N2Si. The highest BCUT2D eigenvalue weighted by Gasteiger charge is 2.64. The van der Waals surface area contributed by atoms with E-state index in [4.69, 9.17) is 0 Å². The van der Waals surface area contributed by atoms with E-state index in [1.807, 2.05) is 0 Å². The molecule has 86 valence electrons. The summed E-state index contributed by atoms with van der Waals surface area (Å²) in [7, 11) is -3.12. The molecule has 0 saturated carbocycles. The SMILES string of the molecule is C[Si](C)(C)C(F)(n1ccnc1)C(F)(F)F. The van der Waals surface area contributed by atoms with Crippen LogP contribution in [0.1, 0.15) is 0 Å². The molecule has 0 N–H and O–H groups in total. The van der Waals surface area contributed by atoms with E-state index in [2.05, 4.69) is 4.98 Å². The molecule has 0 spiro atoms. The Morgan fingerprint density at radius 1 is 1.13 bits per heavy atom. The van der Waals surface area contributed by atoms with Crippen LogP contribution in [0, 0.1) is 0 Å². The lowest BCUT2D eigenvalue weighted by Gasteiger charge is -2.38. The van der Waals surface area contributed by atoms with Gasteiger partial charge in [0.25, 0.3) is 5.42 Å². The number of hydrogen-bond donors (Lipinski definition) is 0. The van der Waals surface area contributed by atoms with Gasteiger partial charge < -0.3 is 4.57 Å². The minimum Gasteiger partial charge on any atom is -0.300 e. The van der Waals surface area contributed by atoms with Gasteiger partial charge in [0.05, 0.1) is 6.33 Å². The smallest absolute Gasteiger partial charge is 0.300 e. The summed E-state index contributed by atoms with van der Waals surface area (Å²) in [6.45, 7) is 4.00. The predicted octanol–water partition coefficient (Wildman–Crippen LogP) is 2.95. The van der Waals surface area contributed by atoms with Crippen molar-refractivity contribution in [1.82, 2.24) is 9.55 Å². The fraction of sp³-hybridized carbons (Fsp3) is 0.625. The summed E-state index contributed by atoms with van der Waals surface area (Å²) in [4.78, 5) is 3.46. The fourth-order valence-electron chi connectivity index (χ4n) is 1.40. The summed E-state index contributed by atoms with van der Waals surface area (Å²) in [5, 5.41) is 0. The van der Waals surface area contributed by atoms with Crippen LogP contribution in [0.15, 0.2) is 18.7 Å². The Morgan fingerprint density at radius 2 is 1.67 bits per heavy atom. The molecule has 1 heterocycles. The number of hydrogen-bond acceptors (Lipinski definition) is 1. The van der Waals surface area contributed by atoms with E-state index < -0.39 is 19.7 Å². The van der Waals surface area contributed by atoms with Crippen LogP contribution in [0.4, 0.5) is 17.6 Å². The summed E-state index contributed by atoms with van der Waals surface area (Å²) in [5.74, 6) is 0. The predicted molar refractivity (Wildman–Crippen MR) is 50.7 cm³/mol. The molecule has 1 aromatic rings. The van der Waals surface area contributed by atoms with Crippen LogP contribution in [0.3, 0.4) is 0 Å². The molecule has 1 atom stereocenters. The molecule has 1 unspecified atom stereocenters. The first-order chi connectivity index (χ1) is 6.61. The van der Waals surface area contributed by atoms with E-state index in [0.717, 1.165) is 18.7 Å². The summed E-state index contributed by atoms with van der Waals surface area (Å²) in [6.07, 6.45) is -1.91. The second-order valence-corrected chi connectivity index (χ2v) is 9.50. The highest BCUT2D eigenvalue weighted by Crippen LogP contribution is 2.44. The lowest BCUT2D eigenvalue weighted by Crippen LogP contribution is -2.59. The number of alkyl halides is 4. The van der Waals surface area contributed by atoms with Crippen LogP contribution < -0.4 is 0 Å². The van der Waals surface area contributed by atoms with Crippen molar-refractivity contribution in [3.63, 3.8) is 0 Å². The maximum Gasteiger partial charge on any atom is 0.438 e. The molecule has 0 bridgehead atoms. The topological polar surface area (TPSA) is 17.8 Å². The lowest BCUT2D eigenvalue weighted by molar-refractivity contribution is -0.232. The van der Waals surface area contributed by atoms with E-state index in [1.165, 1.54) is 19.6 Å². The number of rotatable bonds is 2. The maximum absolute atomic E-state index is 14.2.